The van der Waals surface area contributed by atoms with Crippen LogP contribution in [0.1, 0.15) is 0 Å². The molecule has 0 aromatic carbocycles. The van der Waals surface area contributed by atoms with Crippen molar-refractivity contribution in [3.63, 3.8) is 0 Å². The molecule has 2 N–H and O–H groups in total. The van der Waals surface area contributed by atoms with Crippen LogP contribution in [0.4, 0.5) is 0 Å². The molecule has 0 amide bonds. The van der Waals surface area contributed by atoms with Crippen molar-refractivity contribution >= 4 is 5.97 Å². The first-order valence-corrected chi connectivity index (χ1v) is 1.63. The second-order valence-corrected chi connectivity index (χ2v) is 0.924. The minimum absolute atomic E-state index is 0. The van der Waals surface area contributed by atoms with Gasteiger partial charge in [-0.1, -0.05) is 0 Å². The Labute approximate surface area is 52.6 Å². The normalized spacial score (nSPS) is 7.00. The van der Waals surface area contributed by atoms with Crippen molar-refractivity contribution < 1.29 is 27.0 Å². The van der Waals surface area contributed by atoms with Crippen LogP contribution in [0.2, 0.25) is 0 Å². The Morgan fingerprint density at radius 3 is 2.29 bits per heavy atom. The van der Waals surface area contributed by atoms with Crippen molar-refractivity contribution in [2.45, 2.75) is 0 Å². The summed E-state index contributed by atoms with van der Waals surface area (Å²) in [5.74, 6) is -0.822. The molecule has 0 rings (SSSR count). The molecule has 0 aliphatic heterocycles. The zero-order valence-corrected chi connectivity index (χ0v) is 5.02. The maximum absolute atomic E-state index is 9.54. The molecule has 0 aliphatic carbocycles. The van der Waals surface area contributed by atoms with E-state index in [2.05, 4.69) is 5.32 Å². The van der Waals surface area contributed by atoms with Gasteiger partial charge in [-0.05, 0) is 7.05 Å². The average Bonchev–Trinajstić information content (AvgIpc) is 1.35. The standard InChI is InChI=1S/C3H7NO2.Fe/c1-4-2-3(5)6;/h4H,2H2,1H3,(H,5,6);. The summed E-state index contributed by atoms with van der Waals surface area (Å²) >= 11 is 0. The Morgan fingerprint density at radius 1 is 1.86 bits per heavy atom. The summed E-state index contributed by atoms with van der Waals surface area (Å²) in [4.78, 5) is 9.54. The van der Waals surface area contributed by atoms with Gasteiger partial charge in [-0.15, -0.1) is 0 Å². The van der Waals surface area contributed by atoms with Gasteiger partial charge < -0.3 is 10.4 Å². The van der Waals surface area contributed by atoms with Crippen LogP contribution in [0.5, 0.6) is 0 Å². The Hall–Kier alpha value is -0.0505. The summed E-state index contributed by atoms with van der Waals surface area (Å²) in [5.41, 5.74) is 0. The molecule has 7 heavy (non-hydrogen) atoms. The van der Waals surface area contributed by atoms with Gasteiger partial charge in [0.2, 0.25) is 0 Å². The zero-order chi connectivity index (χ0) is 4.99. The number of hydrogen-bond acceptors (Lipinski definition) is 2. The van der Waals surface area contributed by atoms with Crippen molar-refractivity contribution in [2.75, 3.05) is 13.6 Å². The van der Waals surface area contributed by atoms with E-state index in [0.29, 0.717) is 0 Å². The summed E-state index contributed by atoms with van der Waals surface area (Å²) in [6.07, 6.45) is 0. The maximum atomic E-state index is 9.54. The number of nitrogens with one attached hydrogen (secondary N) is 1. The Bertz CT molecular complexity index is 56.9. The van der Waals surface area contributed by atoms with Crippen molar-refractivity contribution in [3.8, 4) is 0 Å². The van der Waals surface area contributed by atoms with Gasteiger partial charge in [0.1, 0.15) is 0 Å². The molecular weight excluding hydrogens is 138 g/mol. The SMILES string of the molecule is CNCC(=O)O.[Fe]. The molecule has 0 heterocycles. The molecule has 0 aromatic heterocycles. The van der Waals surface area contributed by atoms with Crippen LogP contribution in [-0.4, -0.2) is 24.7 Å². The van der Waals surface area contributed by atoms with Gasteiger partial charge in [0.25, 0.3) is 0 Å². The molecule has 0 fully saturated rings. The van der Waals surface area contributed by atoms with Crippen molar-refractivity contribution in [1.82, 2.24) is 5.32 Å². The molecule has 0 saturated carbocycles. The molecule has 44 valence electrons. The van der Waals surface area contributed by atoms with Crippen LogP contribution in [0, 0.1) is 0 Å². The fraction of sp³-hybridized carbons (Fsp3) is 0.667. The Balaban J connectivity index is 0. The summed E-state index contributed by atoms with van der Waals surface area (Å²) in [5, 5.41) is 10.3. The molecule has 3 nitrogen and oxygen atoms in total. The quantitative estimate of drug-likeness (QED) is 0.504. The zero-order valence-electron chi connectivity index (χ0n) is 3.92. The molecule has 4 heteroatoms. The minimum Gasteiger partial charge on any atom is -0.480 e. The monoisotopic (exact) mass is 145 g/mol. The first-order chi connectivity index (χ1) is 2.77. The number of carbonyl (C=O) groups is 1. The molecule has 0 radical (unpaired) electrons. The van der Waals surface area contributed by atoms with E-state index < -0.39 is 5.97 Å². The molecule has 0 aliphatic rings. The predicted molar refractivity (Wildman–Crippen MR) is 21.6 cm³/mol. The van der Waals surface area contributed by atoms with Crippen LogP contribution in [0.15, 0.2) is 0 Å². The molecule has 0 bridgehead atoms. The van der Waals surface area contributed by atoms with Crippen LogP contribution in [-0.2, 0) is 21.9 Å². The first-order valence-electron chi connectivity index (χ1n) is 1.63. The van der Waals surface area contributed by atoms with Crippen LogP contribution in [0.3, 0.4) is 0 Å². The van der Waals surface area contributed by atoms with E-state index in [4.69, 9.17) is 5.11 Å². The molecule has 0 unspecified atom stereocenters. The number of carboxylic acids is 1. The number of carboxylic acid groups (broad SMARTS) is 1. The first kappa shape index (κ1) is 10.0. The van der Waals surface area contributed by atoms with Gasteiger partial charge in [0, 0.05) is 17.1 Å². The van der Waals surface area contributed by atoms with Gasteiger partial charge in [0.15, 0.2) is 0 Å². The second-order valence-electron chi connectivity index (χ2n) is 0.924. The molecule has 0 saturated heterocycles. The third-order valence-electron chi connectivity index (χ3n) is 0.328. The molecule has 0 aromatic rings. The number of likely N-dealkylation sites (N-methyl/N-ethyl adjacent to an activating group) is 1. The smallest absolute Gasteiger partial charge is 0.317 e. The van der Waals surface area contributed by atoms with E-state index in [1.165, 1.54) is 0 Å². The Morgan fingerprint density at radius 2 is 2.29 bits per heavy atom. The summed E-state index contributed by atoms with van der Waals surface area (Å²) in [6, 6.07) is 0. The largest absolute Gasteiger partial charge is 0.480 e. The van der Waals surface area contributed by atoms with Crippen LogP contribution >= 0.6 is 0 Å². The van der Waals surface area contributed by atoms with Crippen molar-refractivity contribution in [2.24, 2.45) is 0 Å². The summed E-state index contributed by atoms with van der Waals surface area (Å²) < 4.78 is 0. The number of aliphatic carboxylic acids is 1. The van der Waals surface area contributed by atoms with E-state index in [-0.39, 0.29) is 23.6 Å². The van der Waals surface area contributed by atoms with E-state index in [1.54, 1.807) is 7.05 Å². The van der Waals surface area contributed by atoms with Crippen molar-refractivity contribution in [3.05, 3.63) is 0 Å². The molecule has 0 spiro atoms. The third-order valence-corrected chi connectivity index (χ3v) is 0.328. The fourth-order valence-electron chi connectivity index (χ4n) is 0.151. The minimum atomic E-state index is -0.822. The summed E-state index contributed by atoms with van der Waals surface area (Å²) in [7, 11) is 1.59. The second kappa shape index (κ2) is 5.95. The van der Waals surface area contributed by atoms with Crippen molar-refractivity contribution in [1.29, 1.82) is 0 Å². The fourth-order valence-corrected chi connectivity index (χ4v) is 0.151. The third kappa shape index (κ3) is 10.7. The molecule has 0 atom stereocenters. The molecular formula is C3H7FeNO2. The van der Waals surface area contributed by atoms with E-state index >= 15 is 0 Å². The van der Waals surface area contributed by atoms with Crippen LogP contribution < -0.4 is 5.32 Å². The van der Waals surface area contributed by atoms with Gasteiger partial charge in [-0.2, -0.15) is 0 Å². The van der Waals surface area contributed by atoms with Gasteiger partial charge >= 0.3 is 5.97 Å². The van der Waals surface area contributed by atoms with E-state index in [0.717, 1.165) is 0 Å². The average molecular weight is 145 g/mol. The van der Waals surface area contributed by atoms with Gasteiger partial charge in [0.05, 0.1) is 6.54 Å². The van der Waals surface area contributed by atoms with E-state index in [1.807, 2.05) is 0 Å². The maximum Gasteiger partial charge on any atom is 0.317 e. The number of hydrogen-bond donors (Lipinski definition) is 2. The number of rotatable bonds is 2. The summed E-state index contributed by atoms with van der Waals surface area (Å²) in [6.45, 7) is 0.0417. The predicted octanol–water partition coefficient (Wildman–Crippen LogP) is -0.712. The topological polar surface area (TPSA) is 49.3 Å². The van der Waals surface area contributed by atoms with Gasteiger partial charge in [-0.3, -0.25) is 4.79 Å². The van der Waals surface area contributed by atoms with Crippen LogP contribution in [0.25, 0.3) is 0 Å². The van der Waals surface area contributed by atoms with Gasteiger partial charge in [-0.25, -0.2) is 0 Å². The Kier molecular flexibility index (Phi) is 8.53. The van der Waals surface area contributed by atoms with E-state index in [9.17, 15) is 4.79 Å².